The van der Waals surface area contributed by atoms with E-state index >= 15 is 0 Å². The van der Waals surface area contributed by atoms with Crippen LogP contribution in [0.2, 0.25) is 0 Å². The van der Waals surface area contributed by atoms with Gasteiger partial charge in [-0.2, -0.15) is 0 Å². The van der Waals surface area contributed by atoms with Crippen molar-refractivity contribution in [1.82, 2.24) is 4.98 Å². The second kappa shape index (κ2) is 5.46. The summed E-state index contributed by atoms with van der Waals surface area (Å²) >= 11 is 3.39. The predicted molar refractivity (Wildman–Crippen MR) is 75.6 cm³/mol. The van der Waals surface area contributed by atoms with E-state index in [9.17, 15) is 4.79 Å². The Morgan fingerprint density at radius 3 is 3.00 bits per heavy atom. The first-order valence-corrected chi connectivity index (χ1v) is 6.78. The van der Waals surface area contributed by atoms with Gasteiger partial charge in [0.15, 0.2) is 0 Å². The molecule has 0 unspecified atom stereocenters. The van der Waals surface area contributed by atoms with Crippen LogP contribution in [-0.2, 0) is 6.54 Å². The fraction of sp³-hybridized carbons (Fsp3) is 0.0909. The van der Waals surface area contributed by atoms with Gasteiger partial charge in [0, 0.05) is 14.6 Å². The molecule has 0 aliphatic carbocycles. The van der Waals surface area contributed by atoms with Crippen molar-refractivity contribution < 1.29 is 9.90 Å². The molecule has 0 aliphatic heterocycles. The monoisotopic (exact) mass is 360 g/mol. The number of halogens is 1. The van der Waals surface area contributed by atoms with Gasteiger partial charge in [-0.3, -0.25) is 0 Å². The SMILES string of the molecule is O=C(O)c1nc(CNc2cccc(I)c2)cs1. The van der Waals surface area contributed by atoms with Crippen LogP contribution in [0.3, 0.4) is 0 Å². The number of hydrogen-bond acceptors (Lipinski definition) is 4. The number of nitrogens with one attached hydrogen (secondary N) is 1. The number of nitrogens with zero attached hydrogens (tertiary/aromatic N) is 1. The van der Waals surface area contributed by atoms with E-state index in [1.54, 1.807) is 5.38 Å². The molecule has 0 spiro atoms. The highest BCUT2D eigenvalue weighted by Crippen LogP contribution is 2.15. The fourth-order valence-electron chi connectivity index (χ4n) is 1.28. The standard InChI is InChI=1S/C11H9IN2O2S/c12-7-2-1-3-8(4-7)13-5-9-6-17-10(14-9)11(15)16/h1-4,6,13H,5H2,(H,15,16). The molecular formula is C11H9IN2O2S. The van der Waals surface area contributed by atoms with Crippen LogP contribution >= 0.6 is 33.9 Å². The highest BCUT2D eigenvalue weighted by Gasteiger charge is 2.08. The summed E-state index contributed by atoms with van der Waals surface area (Å²) in [6, 6.07) is 7.96. The second-order valence-electron chi connectivity index (χ2n) is 3.31. The summed E-state index contributed by atoms with van der Waals surface area (Å²) in [5.41, 5.74) is 1.74. The zero-order valence-electron chi connectivity index (χ0n) is 8.68. The topological polar surface area (TPSA) is 62.2 Å². The molecule has 1 aromatic heterocycles. The Balaban J connectivity index is 2.00. The quantitative estimate of drug-likeness (QED) is 0.823. The lowest BCUT2D eigenvalue weighted by atomic mass is 10.3. The molecule has 0 fully saturated rings. The number of carbonyl (C=O) groups is 1. The number of anilines is 1. The Labute approximate surface area is 116 Å². The molecule has 0 bridgehead atoms. The number of benzene rings is 1. The predicted octanol–water partition coefficient (Wildman–Crippen LogP) is 3.06. The third-order valence-electron chi connectivity index (χ3n) is 2.03. The van der Waals surface area contributed by atoms with Gasteiger partial charge in [0.1, 0.15) is 0 Å². The molecule has 6 heteroatoms. The highest BCUT2D eigenvalue weighted by atomic mass is 127. The average molecular weight is 360 g/mol. The first kappa shape index (κ1) is 12.3. The molecule has 88 valence electrons. The van der Waals surface area contributed by atoms with Crippen LogP contribution in [0, 0.1) is 3.57 Å². The zero-order chi connectivity index (χ0) is 12.3. The third kappa shape index (κ3) is 3.40. The summed E-state index contributed by atoms with van der Waals surface area (Å²) < 4.78 is 1.15. The molecule has 2 aromatic rings. The minimum absolute atomic E-state index is 0.129. The van der Waals surface area contributed by atoms with Gasteiger partial charge in [0.05, 0.1) is 12.2 Å². The number of aromatic carboxylic acids is 1. The number of hydrogen-bond donors (Lipinski definition) is 2. The van der Waals surface area contributed by atoms with E-state index < -0.39 is 5.97 Å². The minimum atomic E-state index is -0.976. The van der Waals surface area contributed by atoms with Gasteiger partial charge in [0.25, 0.3) is 0 Å². The lowest BCUT2D eigenvalue weighted by Crippen LogP contribution is -2.01. The molecule has 0 radical (unpaired) electrons. The van der Waals surface area contributed by atoms with E-state index in [4.69, 9.17) is 5.11 Å². The van der Waals surface area contributed by atoms with Crippen LogP contribution in [0.15, 0.2) is 29.6 Å². The van der Waals surface area contributed by atoms with Crippen LogP contribution in [0.5, 0.6) is 0 Å². The summed E-state index contributed by atoms with van der Waals surface area (Å²) in [6.45, 7) is 0.532. The van der Waals surface area contributed by atoms with Crippen molar-refractivity contribution in [2.75, 3.05) is 5.32 Å². The van der Waals surface area contributed by atoms with E-state index in [2.05, 4.69) is 32.9 Å². The number of aromatic nitrogens is 1. The minimum Gasteiger partial charge on any atom is -0.476 e. The summed E-state index contributed by atoms with van der Waals surface area (Å²) in [7, 11) is 0. The fourth-order valence-corrected chi connectivity index (χ4v) is 2.48. The zero-order valence-corrected chi connectivity index (χ0v) is 11.7. The van der Waals surface area contributed by atoms with E-state index in [1.165, 1.54) is 0 Å². The van der Waals surface area contributed by atoms with Crippen molar-refractivity contribution in [3.05, 3.63) is 43.9 Å². The Morgan fingerprint density at radius 1 is 1.53 bits per heavy atom. The molecule has 0 saturated heterocycles. The van der Waals surface area contributed by atoms with Crippen LogP contribution in [-0.4, -0.2) is 16.1 Å². The Hall–Kier alpha value is -1.15. The molecule has 1 heterocycles. The van der Waals surface area contributed by atoms with Gasteiger partial charge < -0.3 is 10.4 Å². The normalized spacial score (nSPS) is 10.2. The van der Waals surface area contributed by atoms with Crippen molar-refractivity contribution in [3.8, 4) is 0 Å². The first-order chi connectivity index (χ1) is 8.15. The smallest absolute Gasteiger partial charge is 0.365 e. The van der Waals surface area contributed by atoms with Gasteiger partial charge in [-0.25, -0.2) is 9.78 Å². The van der Waals surface area contributed by atoms with E-state index in [0.29, 0.717) is 6.54 Å². The maximum absolute atomic E-state index is 10.7. The van der Waals surface area contributed by atoms with Crippen molar-refractivity contribution in [1.29, 1.82) is 0 Å². The maximum Gasteiger partial charge on any atom is 0.365 e. The lowest BCUT2D eigenvalue weighted by Gasteiger charge is -2.04. The van der Waals surface area contributed by atoms with Crippen LogP contribution < -0.4 is 5.32 Å². The highest BCUT2D eigenvalue weighted by molar-refractivity contribution is 14.1. The van der Waals surface area contributed by atoms with E-state index in [-0.39, 0.29) is 5.01 Å². The summed E-state index contributed by atoms with van der Waals surface area (Å²) in [5.74, 6) is -0.976. The summed E-state index contributed by atoms with van der Waals surface area (Å²) in [5, 5.41) is 13.8. The van der Waals surface area contributed by atoms with E-state index in [0.717, 1.165) is 26.3 Å². The Morgan fingerprint density at radius 2 is 2.35 bits per heavy atom. The van der Waals surface area contributed by atoms with Crippen LogP contribution in [0.1, 0.15) is 15.5 Å². The van der Waals surface area contributed by atoms with Gasteiger partial charge in [-0.05, 0) is 40.8 Å². The van der Waals surface area contributed by atoms with Crippen molar-refractivity contribution in [2.24, 2.45) is 0 Å². The lowest BCUT2D eigenvalue weighted by molar-refractivity contribution is 0.0696. The molecule has 0 saturated carbocycles. The van der Waals surface area contributed by atoms with Gasteiger partial charge in [-0.1, -0.05) is 6.07 Å². The molecule has 2 N–H and O–H groups in total. The number of thiazole rings is 1. The molecule has 17 heavy (non-hydrogen) atoms. The van der Waals surface area contributed by atoms with E-state index in [1.807, 2.05) is 24.3 Å². The number of rotatable bonds is 4. The van der Waals surface area contributed by atoms with Crippen molar-refractivity contribution >= 4 is 45.6 Å². The molecular weight excluding hydrogens is 351 g/mol. The van der Waals surface area contributed by atoms with Gasteiger partial charge in [0.2, 0.25) is 5.01 Å². The number of carboxylic acid groups (broad SMARTS) is 1. The second-order valence-corrected chi connectivity index (χ2v) is 5.42. The van der Waals surface area contributed by atoms with Crippen LogP contribution in [0.25, 0.3) is 0 Å². The Bertz CT molecular complexity index is 542. The van der Waals surface area contributed by atoms with Crippen molar-refractivity contribution in [2.45, 2.75) is 6.54 Å². The van der Waals surface area contributed by atoms with Crippen molar-refractivity contribution in [3.63, 3.8) is 0 Å². The summed E-state index contributed by atoms with van der Waals surface area (Å²) in [6.07, 6.45) is 0. The summed E-state index contributed by atoms with van der Waals surface area (Å²) in [4.78, 5) is 14.7. The molecule has 4 nitrogen and oxygen atoms in total. The van der Waals surface area contributed by atoms with Gasteiger partial charge in [-0.15, -0.1) is 11.3 Å². The van der Waals surface area contributed by atoms with Crippen LogP contribution in [0.4, 0.5) is 5.69 Å². The maximum atomic E-state index is 10.7. The number of carboxylic acids is 1. The molecule has 1 aromatic carbocycles. The Kier molecular flexibility index (Phi) is 3.95. The molecule has 0 atom stereocenters. The third-order valence-corrected chi connectivity index (χ3v) is 3.58. The molecule has 2 rings (SSSR count). The first-order valence-electron chi connectivity index (χ1n) is 4.82. The largest absolute Gasteiger partial charge is 0.476 e. The van der Waals surface area contributed by atoms with Gasteiger partial charge >= 0.3 is 5.97 Å². The molecule has 0 aliphatic rings. The average Bonchev–Trinajstić information content (AvgIpc) is 2.75. The molecule has 0 amide bonds.